The first-order valence-electron chi connectivity index (χ1n) is 5.58. The number of hydrogen-bond acceptors (Lipinski definition) is 0. The Kier molecular flexibility index (Phi) is 9.18. The summed E-state index contributed by atoms with van der Waals surface area (Å²) in [5.41, 5.74) is 2.94. The van der Waals surface area contributed by atoms with E-state index in [1.807, 2.05) is 0 Å². The van der Waals surface area contributed by atoms with Crippen LogP contribution in [-0.2, 0) is 0 Å². The number of allylic oxidation sites excluding steroid dienone is 4. The van der Waals surface area contributed by atoms with Gasteiger partial charge in [0, 0.05) is 5.88 Å². The molecule has 0 aliphatic carbocycles. The van der Waals surface area contributed by atoms with Gasteiger partial charge in [-0.3, -0.25) is 0 Å². The van der Waals surface area contributed by atoms with E-state index >= 15 is 0 Å². The fourth-order valence-electron chi connectivity index (χ4n) is 1.34. The van der Waals surface area contributed by atoms with Crippen molar-refractivity contribution in [2.75, 3.05) is 5.88 Å². The summed E-state index contributed by atoms with van der Waals surface area (Å²) in [7, 11) is 0. The first-order valence-corrected chi connectivity index (χ1v) is 6.11. The average molecular weight is 215 g/mol. The van der Waals surface area contributed by atoms with Gasteiger partial charge in [-0.15, -0.1) is 11.6 Å². The molecular weight excluding hydrogens is 192 g/mol. The highest BCUT2D eigenvalue weighted by Gasteiger charge is 1.91. The monoisotopic (exact) mass is 214 g/mol. The summed E-state index contributed by atoms with van der Waals surface area (Å²) >= 11 is 5.61. The second-order valence-corrected chi connectivity index (χ2v) is 4.21. The average Bonchev–Trinajstić information content (AvgIpc) is 2.15. The topological polar surface area (TPSA) is 0 Å². The van der Waals surface area contributed by atoms with Gasteiger partial charge in [-0.25, -0.2) is 0 Å². The minimum Gasteiger partial charge on any atom is -0.122 e. The van der Waals surface area contributed by atoms with Crippen LogP contribution in [0.5, 0.6) is 0 Å². The maximum absolute atomic E-state index is 5.61. The summed E-state index contributed by atoms with van der Waals surface area (Å²) in [5, 5.41) is 0. The highest BCUT2D eigenvalue weighted by molar-refractivity contribution is 6.18. The summed E-state index contributed by atoms with van der Waals surface area (Å²) in [6.45, 7) is 6.62. The zero-order chi connectivity index (χ0) is 10.8. The molecule has 0 aromatic heterocycles. The normalized spacial score (nSPS) is 13.4. The van der Waals surface area contributed by atoms with Gasteiger partial charge < -0.3 is 0 Å². The summed E-state index contributed by atoms with van der Waals surface area (Å²) in [4.78, 5) is 0. The number of hydrogen-bond donors (Lipinski definition) is 0. The number of alkyl halides is 1. The summed E-state index contributed by atoms with van der Waals surface area (Å²) in [6.07, 6.45) is 10.6. The number of rotatable bonds is 7. The van der Waals surface area contributed by atoms with Crippen LogP contribution in [-0.4, -0.2) is 5.88 Å². The summed E-state index contributed by atoms with van der Waals surface area (Å²) in [5.74, 6) is 0.643. The van der Waals surface area contributed by atoms with Crippen LogP contribution in [0.2, 0.25) is 0 Å². The Morgan fingerprint density at radius 2 is 1.71 bits per heavy atom. The summed E-state index contributed by atoms with van der Waals surface area (Å²) < 4.78 is 0. The van der Waals surface area contributed by atoms with E-state index in [0.29, 0.717) is 5.88 Å². The van der Waals surface area contributed by atoms with E-state index in [2.05, 4.69) is 32.9 Å². The molecule has 0 aliphatic heterocycles. The molecule has 0 N–H and O–H groups in total. The molecule has 0 bridgehead atoms. The van der Waals surface area contributed by atoms with Crippen molar-refractivity contribution >= 4 is 11.6 Å². The maximum atomic E-state index is 5.61. The van der Waals surface area contributed by atoms with Gasteiger partial charge in [0.05, 0.1) is 0 Å². The first-order chi connectivity index (χ1) is 6.70. The van der Waals surface area contributed by atoms with Gasteiger partial charge in [-0.2, -0.15) is 0 Å². The van der Waals surface area contributed by atoms with Crippen molar-refractivity contribution in [1.29, 1.82) is 0 Å². The third-order valence-corrected chi connectivity index (χ3v) is 2.54. The lowest BCUT2D eigenvalue weighted by Gasteiger charge is -2.00. The molecule has 0 radical (unpaired) electrons. The highest BCUT2D eigenvalue weighted by Crippen LogP contribution is 2.10. The standard InChI is InChI=1S/C13H23Cl/c1-4-5-7-12(2)8-6-9-13(3)10-11-14/h8,10H,4-7,9,11H2,1-3H3/b12-8+,13-10+. The van der Waals surface area contributed by atoms with E-state index in [1.165, 1.54) is 30.4 Å². The molecule has 0 atom stereocenters. The molecule has 0 fully saturated rings. The van der Waals surface area contributed by atoms with E-state index < -0.39 is 0 Å². The SMILES string of the molecule is CCCC/C(C)=C/CC/C(C)=C/CCl. The molecule has 0 spiro atoms. The minimum absolute atomic E-state index is 0.643. The van der Waals surface area contributed by atoms with Crippen molar-refractivity contribution in [1.82, 2.24) is 0 Å². The molecular formula is C13H23Cl. The van der Waals surface area contributed by atoms with Crippen LogP contribution in [0.1, 0.15) is 52.9 Å². The smallest absolute Gasteiger partial charge is 0.0406 e. The molecule has 0 amide bonds. The first kappa shape index (κ1) is 13.8. The Balaban J connectivity index is 3.64. The second kappa shape index (κ2) is 9.33. The van der Waals surface area contributed by atoms with E-state index in [1.54, 1.807) is 0 Å². The van der Waals surface area contributed by atoms with Gasteiger partial charge >= 0.3 is 0 Å². The zero-order valence-corrected chi connectivity index (χ0v) is 10.5. The lowest BCUT2D eigenvalue weighted by Crippen LogP contribution is -1.81. The molecule has 0 aromatic carbocycles. The maximum Gasteiger partial charge on any atom is 0.0406 e. The number of unbranched alkanes of at least 4 members (excludes halogenated alkanes) is 1. The zero-order valence-electron chi connectivity index (χ0n) is 9.78. The fourth-order valence-corrected chi connectivity index (χ4v) is 1.60. The van der Waals surface area contributed by atoms with Gasteiger partial charge in [0.25, 0.3) is 0 Å². The van der Waals surface area contributed by atoms with Gasteiger partial charge in [-0.1, -0.05) is 36.6 Å². The molecule has 1 heteroatoms. The van der Waals surface area contributed by atoms with Crippen LogP contribution in [0.15, 0.2) is 23.3 Å². The van der Waals surface area contributed by atoms with Crippen molar-refractivity contribution < 1.29 is 0 Å². The quantitative estimate of drug-likeness (QED) is 0.409. The molecule has 0 saturated heterocycles. The largest absolute Gasteiger partial charge is 0.122 e. The Hall–Kier alpha value is -0.230. The Labute approximate surface area is 94.0 Å². The molecule has 0 aliphatic rings. The second-order valence-electron chi connectivity index (χ2n) is 3.90. The Morgan fingerprint density at radius 1 is 1.07 bits per heavy atom. The predicted octanol–water partition coefficient (Wildman–Crippen LogP) is 5.09. The molecule has 0 rings (SSSR count). The van der Waals surface area contributed by atoms with Crippen molar-refractivity contribution in [2.24, 2.45) is 0 Å². The van der Waals surface area contributed by atoms with Gasteiger partial charge in [0.15, 0.2) is 0 Å². The Bertz CT molecular complexity index is 189. The molecule has 0 aromatic rings. The van der Waals surface area contributed by atoms with Crippen LogP contribution in [0.4, 0.5) is 0 Å². The van der Waals surface area contributed by atoms with E-state index in [9.17, 15) is 0 Å². The van der Waals surface area contributed by atoms with Crippen molar-refractivity contribution in [3.05, 3.63) is 23.3 Å². The molecule has 0 heterocycles. The lowest BCUT2D eigenvalue weighted by molar-refractivity contribution is 0.781. The molecule has 82 valence electrons. The minimum atomic E-state index is 0.643. The predicted molar refractivity (Wildman–Crippen MR) is 67.0 cm³/mol. The molecule has 0 saturated carbocycles. The molecule has 14 heavy (non-hydrogen) atoms. The highest BCUT2D eigenvalue weighted by atomic mass is 35.5. The van der Waals surface area contributed by atoms with Gasteiger partial charge in [0.1, 0.15) is 0 Å². The summed E-state index contributed by atoms with van der Waals surface area (Å²) in [6, 6.07) is 0. The van der Waals surface area contributed by atoms with Crippen molar-refractivity contribution in [2.45, 2.75) is 52.9 Å². The van der Waals surface area contributed by atoms with Crippen LogP contribution in [0, 0.1) is 0 Å². The van der Waals surface area contributed by atoms with E-state index in [-0.39, 0.29) is 0 Å². The van der Waals surface area contributed by atoms with Gasteiger partial charge in [0.2, 0.25) is 0 Å². The lowest BCUT2D eigenvalue weighted by atomic mass is 10.1. The van der Waals surface area contributed by atoms with E-state index in [0.717, 1.165) is 12.8 Å². The number of halogens is 1. The molecule has 0 unspecified atom stereocenters. The van der Waals surface area contributed by atoms with Crippen LogP contribution >= 0.6 is 11.6 Å². The third-order valence-electron chi connectivity index (χ3n) is 2.38. The van der Waals surface area contributed by atoms with Gasteiger partial charge in [-0.05, 0) is 39.5 Å². The van der Waals surface area contributed by atoms with Crippen molar-refractivity contribution in [3.8, 4) is 0 Å². The van der Waals surface area contributed by atoms with Crippen LogP contribution in [0.25, 0.3) is 0 Å². The van der Waals surface area contributed by atoms with E-state index in [4.69, 9.17) is 11.6 Å². The molecule has 0 nitrogen and oxygen atoms in total. The van der Waals surface area contributed by atoms with Crippen LogP contribution < -0.4 is 0 Å². The third kappa shape index (κ3) is 8.37. The van der Waals surface area contributed by atoms with Crippen molar-refractivity contribution in [3.63, 3.8) is 0 Å². The fraction of sp³-hybridized carbons (Fsp3) is 0.692. The van der Waals surface area contributed by atoms with Crippen LogP contribution in [0.3, 0.4) is 0 Å². The Morgan fingerprint density at radius 3 is 2.29 bits per heavy atom.